The minimum Gasteiger partial charge on any atom is -0.384 e. The molecule has 0 amide bonds. The molecule has 17 heavy (non-hydrogen) atoms. The van der Waals surface area contributed by atoms with Gasteiger partial charge in [0.05, 0.1) is 12.2 Å². The molecule has 0 aromatic rings. The molecule has 1 aliphatic carbocycles. The molecule has 1 heterocycles. The zero-order valence-corrected chi connectivity index (χ0v) is 10.9. The van der Waals surface area contributed by atoms with Crippen molar-refractivity contribution in [3.8, 4) is 0 Å². The van der Waals surface area contributed by atoms with Gasteiger partial charge in [-0.05, 0) is 25.7 Å². The van der Waals surface area contributed by atoms with E-state index >= 15 is 0 Å². The van der Waals surface area contributed by atoms with Crippen molar-refractivity contribution in [1.82, 2.24) is 0 Å². The Kier molecular flexibility index (Phi) is 4.57. The summed E-state index contributed by atoms with van der Waals surface area (Å²) in [6, 6.07) is 0. The molecule has 2 aliphatic rings. The predicted octanol–water partition coefficient (Wildman–Crippen LogP) is 2.72. The third kappa shape index (κ3) is 3.29. The summed E-state index contributed by atoms with van der Waals surface area (Å²) >= 11 is 0. The number of rotatable bonds is 4. The van der Waals surface area contributed by atoms with Gasteiger partial charge in [-0.2, -0.15) is 0 Å². The van der Waals surface area contributed by atoms with Crippen LogP contribution in [-0.2, 0) is 14.3 Å². The maximum Gasteiger partial charge on any atom is 0.138 e. The smallest absolute Gasteiger partial charge is 0.138 e. The first-order valence-corrected chi connectivity index (χ1v) is 6.91. The molecule has 0 aromatic heterocycles. The van der Waals surface area contributed by atoms with Crippen LogP contribution in [-0.4, -0.2) is 31.7 Å². The summed E-state index contributed by atoms with van der Waals surface area (Å²) in [6.45, 7) is 1.33. The molecule has 2 fully saturated rings. The lowest BCUT2D eigenvalue weighted by Gasteiger charge is -2.43. The van der Waals surface area contributed by atoms with Crippen molar-refractivity contribution in [3.63, 3.8) is 0 Å². The average Bonchev–Trinajstić information content (AvgIpc) is 2.37. The van der Waals surface area contributed by atoms with Gasteiger partial charge in [0.15, 0.2) is 0 Å². The normalized spacial score (nSPS) is 28.2. The van der Waals surface area contributed by atoms with Crippen LogP contribution in [0, 0.1) is 5.92 Å². The summed E-state index contributed by atoms with van der Waals surface area (Å²) in [5, 5.41) is 0. The molecule has 0 bridgehead atoms. The van der Waals surface area contributed by atoms with E-state index in [4.69, 9.17) is 9.47 Å². The molecule has 2 rings (SSSR count). The van der Waals surface area contributed by atoms with E-state index in [1.807, 2.05) is 0 Å². The largest absolute Gasteiger partial charge is 0.384 e. The van der Waals surface area contributed by atoms with Crippen molar-refractivity contribution in [2.45, 2.75) is 57.0 Å². The van der Waals surface area contributed by atoms with Gasteiger partial charge in [0.2, 0.25) is 0 Å². The van der Waals surface area contributed by atoms with Crippen molar-refractivity contribution in [1.29, 1.82) is 0 Å². The van der Waals surface area contributed by atoms with E-state index < -0.39 is 0 Å². The highest BCUT2D eigenvalue weighted by Gasteiger charge is 2.40. The molecule has 1 unspecified atom stereocenters. The Morgan fingerprint density at radius 1 is 1.35 bits per heavy atom. The molecule has 1 aliphatic heterocycles. The van der Waals surface area contributed by atoms with Crippen LogP contribution in [0.15, 0.2) is 0 Å². The summed E-state index contributed by atoms with van der Waals surface area (Å²) in [5.74, 6) is 0.595. The Morgan fingerprint density at radius 3 is 2.82 bits per heavy atom. The SMILES string of the molecule is COCCC(=O)C1CCOC2(CCCCC2)C1. The number of ether oxygens (including phenoxy) is 2. The van der Waals surface area contributed by atoms with Crippen LogP contribution in [0.2, 0.25) is 0 Å². The van der Waals surface area contributed by atoms with E-state index in [0.717, 1.165) is 32.3 Å². The molecule has 1 saturated carbocycles. The maximum atomic E-state index is 12.0. The highest BCUT2D eigenvalue weighted by molar-refractivity contribution is 5.81. The molecule has 0 N–H and O–H groups in total. The first kappa shape index (κ1) is 13.0. The molecular weight excluding hydrogens is 216 g/mol. The van der Waals surface area contributed by atoms with Gasteiger partial charge in [-0.1, -0.05) is 19.3 Å². The lowest BCUT2D eigenvalue weighted by Crippen LogP contribution is -2.43. The number of carbonyl (C=O) groups is 1. The minimum absolute atomic E-state index is 0.0455. The third-order valence-corrected chi connectivity index (χ3v) is 4.27. The van der Waals surface area contributed by atoms with Gasteiger partial charge in [0.1, 0.15) is 5.78 Å². The lowest BCUT2D eigenvalue weighted by atomic mass is 9.75. The van der Waals surface area contributed by atoms with Gasteiger partial charge < -0.3 is 9.47 Å². The van der Waals surface area contributed by atoms with Gasteiger partial charge in [-0.15, -0.1) is 0 Å². The van der Waals surface area contributed by atoms with Gasteiger partial charge in [-0.3, -0.25) is 4.79 Å². The maximum absolute atomic E-state index is 12.0. The van der Waals surface area contributed by atoms with Gasteiger partial charge in [0, 0.05) is 26.1 Å². The lowest BCUT2D eigenvalue weighted by molar-refractivity contribution is -0.143. The molecule has 0 radical (unpaired) electrons. The number of Topliss-reactive ketones (excluding diaryl/α,β-unsaturated/α-hetero) is 1. The Hall–Kier alpha value is -0.410. The van der Waals surface area contributed by atoms with Crippen molar-refractivity contribution < 1.29 is 14.3 Å². The molecule has 1 spiro atoms. The topological polar surface area (TPSA) is 35.5 Å². The molecule has 1 saturated heterocycles. The fourth-order valence-corrected chi connectivity index (χ4v) is 3.25. The second-order valence-electron chi connectivity index (χ2n) is 5.49. The van der Waals surface area contributed by atoms with Gasteiger partial charge >= 0.3 is 0 Å². The Morgan fingerprint density at radius 2 is 2.12 bits per heavy atom. The number of methoxy groups -OCH3 is 1. The Labute approximate surface area is 104 Å². The summed E-state index contributed by atoms with van der Waals surface area (Å²) in [6.07, 6.45) is 8.59. The minimum atomic E-state index is 0.0455. The average molecular weight is 240 g/mol. The van der Waals surface area contributed by atoms with Crippen LogP contribution in [0.4, 0.5) is 0 Å². The molecule has 1 atom stereocenters. The second kappa shape index (κ2) is 5.96. The zero-order valence-electron chi connectivity index (χ0n) is 10.9. The number of hydrogen-bond acceptors (Lipinski definition) is 3. The van der Waals surface area contributed by atoms with Crippen molar-refractivity contribution in [2.24, 2.45) is 5.92 Å². The van der Waals surface area contributed by atoms with E-state index in [1.54, 1.807) is 7.11 Å². The van der Waals surface area contributed by atoms with Crippen molar-refractivity contribution >= 4 is 5.78 Å². The van der Waals surface area contributed by atoms with E-state index in [1.165, 1.54) is 19.3 Å². The Balaban J connectivity index is 1.89. The standard InChI is InChI=1S/C14H24O3/c1-16-9-6-13(15)12-5-10-17-14(11-12)7-3-2-4-8-14/h12H,2-11H2,1H3. The van der Waals surface area contributed by atoms with Crippen LogP contribution < -0.4 is 0 Å². The molecule has 3 nitrogen and oxygen atoms in total. The highest BCUT2D eigenvalue weighted by Crippen LogP contribution is 2.41. The number of carbonyl (C=O) groups excluding carboxylic acids is 1. The van der Waals surface area contributed by atoms with Crippen molar-refractivity contribution in [3.05, 3.63) is 0 Å². The van der Waals surface area contributed by atoms with E-state index in [-0.39, 0.29) is 11.5 Å². The second-order valence-corrected chi connectivity index (χ2v) is 5.49. The zero-order chi connectivity index (χ0) is 12.1. The fraction of sp³-hybridized carbons (Fsp3) is 0.929. The van der Waals surface area contributed by atoms with Crippen LogP contribution in [0.25, 0.3) is 0 Å². The number of ketones is 1. The fourth-order valence-electron chi connectivity index (χ4n) is 3.25. The monoisotopic (exact) mass is 240 g/mol. The third-order valence-electron chi connectivity index (χ3n) is 4.27. The van der Waals surface area contributed by atoms with Crippen LogP contribution in [0.1, 0.15) is 51.4 Å². The molecule has 3 heteroatoms. The predicted molar refractivity (Wildman–Crippen MR) is 66.0 cm³/mol. The van der Waals surface area contributed by atoms with Crippen LogP contribution in [0.5, 0.6) is 0 Å². The summed E-state index contributed by atoms with van der Waals surface area (Å²) in [7, 11) is 1.65. The summed E-state index contributed by atoms with van der Waals surface area (Å²) < 4.78 is 11.0. The summed E-state index contributed by atoms with van der Waals surface area (Å²) in [4.78, 5) is 12.0. The van der Waals surface area contributed by atoms with E-state index in [0.29, 0.717) is 18.8 Å². The number of hydrogen-bond donors (Lipinski definition) is 0. The van der Waals surface area contributed by atoms with E-state index in [2.05, 4.69) is 0 Å². The summed E-state index contributed by atoms with van der Waals surface area (Å²) in [5.41, 5.74) is 0.0455. The van der Waals surface area contributed by atoms with Crippen LogP contribution in [0.3, 0.4) is 0 Å². The van der Waals surface area contributed by atoms with E-state index in [9.17, 15) is 4.79 Å². The molecule has 98 valence electrons. The van der Waals surface area contributed by atoms with Gasteiger partial charge in [0.25, 0.3) is 0 Å². The highest BCUT2D eigenvalue weighted by atomic mass is 16.5. The quantitative estimate of drug-likeness (QED) is 0.758. The molecule has 0 aromatic carbocycles. The molecular formula is C14H24O3. The van der Waals surface area contributed by atoms with Gasteiger partial charge in [-0.25, -0.2) is 0 Å². The Bertz CT molecular complexity index is 251. The van der Waals surface area contributed by atoms with Crippen molar-refractivity contribution in [2.75, 3.05) is 20.3 Å². The van der Waals surface area contributed by atoms with Crippen LogP contribution >= 0.6 is 0 Å². The first-order valence-electron chi connectivity index (χ1n) is 6.91. The first-order chi connectivity index (χ1) is 8.26.